The molecule has 1 aromatic rings. The number of hydrogen-bond acceptors (Lipinski definition) is 2. The van der Waals surface area contributed by atoms with Gasteiger partial charge in [0.2, 0.25) is 5.91 Å². The van der Waals surface area contributed by atoms with Crippen molar-refractivity contribution in [3.05, 3.63) is 42.2 Å². The molecule has 0 N–H and O–H groups in total. The second kappa shape index (κ2) is 7.68. The van der Waals surface area contributed by atoms with Crippen molar-refractivity contribution in [2.45, 2.75) is 20.8 Å². The fraction of sp³-hybridized carbons (Fsp3) is 0.438. The highest BCUT2D eigenvalue weighted by molar-refractivity contribution is 5.81. The van der Waals surface area contributed by atoms with Crippen molar-refractivity contribution in [2.75, 3.05) is 31.1 Å². The van der Waals surface area contributed by atoms with Gasteiger partial charge in [-0.25, -0.2) is 4.39 Å². The lowest BCUT2D eigenvalue weighted by Crippen LogP contribution is -2.41. The second-order valence-electron chi connectivity index (χ2n) is 4.86. The minimum absolute atomic E-state index is 0.0571. The normalized spacial score (nSPS) is 10.2. The average Bonchev–Trinajstić information content (AvgIpc) is 2.42. The molecule has 1 rings (SSSR count). The lowest BCUT2D eigenvalue weighted by Gasteiger charge is -2.27. The Labute approximate surface area is 120 Å². The van der Waals surface area contributed by atoms with Crippen LogP contribution in [0.1, 0.15) is 20.8 Å². The maximum absolute atomic E-state index is 12.9. The summed E-state index contributed by atoms with van der Waals surface area (Å²) in [5, 5.41) is 0. The summed E-state index contributed by atoms with van der Waals surface area (Å²) in [5.74, 6) is -0.213. The Kier molecular flexibility index (Phi) is 6.22. The Hall–Kier alpha value is -1.84. The molecule has 4 heteroatoms. The van der Waals surface area contributed by atoms with Crippen molar-refractivity contribution in [3.8, 4) is 0 Å². The highest BCUT2D eigenvalue weighted by Crippen LogP contribution is 2.14. The zero-order valence-electron chi connectivity index (χ0n) is 12.5. The van der Waals surface area contributed by atoms with Gasteiger partial charge in [-0.15, -0.1) is 0 Å². The molecule has 0 aliphatic carbocycles. The molecule has 0 spiro atoms. The van der Waals surface area contributed by atoms with E-state index in [0.717, 1.165) is 11.3 Å². The summed E-state index contributed by atoms with van der Waals surface area (Å²) >= 11 is 0. The summed E-state index contributed by atoms with van der Waals surface area (Å²) in [6, 6.07) is 6.21. The Morgan fingerprint density at radius 2 is 1.75 bits per heavy atom. The van der Waals surface area contributed by atoms with E-state index in [1.165, 1.54) is 12.1 Å². The predicted molar refractivity (Wildman–Crippen MR) is 81.4 cm³/mol. The molecule has 0 saturated heterocycles. The monoisotopic (exact) mass is 278 g/mol. The van der Waals surface area contributed by atoms with Crippen molar-refractivity contribution in [1.29, 1.82) is 0 Å². The number of hydrogen-bond donors (Lipinski definition) is 0. The van der Waals surface area contributed by atoms with Crippen LogP contribution in [0, 0.1) is 5.82 Å². The van der Waals surface area contributed by atoms with Crippen molar-refractivity contribution in [2.24, 2.45) is 0 Å². The first kappa shape index (κ1) is 16.2. The van der Waals surface area contributed by atoms with E-state index in [1.54, 1.807) is 17.0 Å². The first-order valence-corrected chi connectivity index (χ1v) is 6.90. The highest BCUT2D eigenvalue weighted by Gasteiger charge is 2.15. The van der Waals surface area contributed by atoms with Gasteiger partial charge in [0, 0.05) is 25.3 Å². The smallest absolute Gasteiger partial charge is 0.242 e. The number of rotatable bonds is 7. The van der Waals surface area contributed by atoms with Gasteiger partial charge in [-0.2, -0.15) is 0 Å². The molecule has 0 saturated carbocycles. The maximum Gasteiger partial charge on any atom is 0.242 e. The molecule has 0 atom stereocenters. The van der Waals surface area contributed by atoms with Crippen LogP contribution in [0.3, 0.4) is 0 Å². The number of likely N-dealkylation sites (N-methyl/N-ethyl adjacent to an activating group) is 2. The number of anilines is 1. The average molecular weight is 278 g/mol. The van der Waals surface area contributed by atoms with Crippen LogP contribution in [-0.2, 0) is 4.79 Å². The zero-order valence-corrected chi connectivity index (χ0v) is 12.5. The summed E-state index contributed by atoms with van der Waals surface area (Å²) in [6.07, 6.45) is 0. The minimum Gasteiger partial charge on any atom is -0.362 e. The van der Waals surface area contributed by atoms with Gasteiger partial charge < -0.3 is 9.80 Å². The summed E-state index contributed by atoms with van der Waals surface area (Å²) < 4.78 is 12.9. The van der Waals surface area contributed by atoms with E-state index >= 15 is 0 Å². The number of nitrogens with zero attached hydrogens (tertiary/aromatic N) is 2. The van der Waals surface area contributed by atoms with Gasteiger partial charge in [0.25, 0.3) is 0 Å². The number of benzene rings is 1. The SMILES string of the molecule is C=C(C)CN(CC)C(=O)CN(CC)c1ccc(F)cc1. The van der Waals surface area contributed by atoms with Crippen molar-refractivity contribution in [1.82, 2.24) is 4.90 Å². The van der Waals surface area contributed by atoms with Crippen molar-refractivity contribution in [3.63, 3.8) is 0 Å². The minimum atomic E-state index is -0.270. The molecule has 1 amide bonds. The molecule has 0 radical (unpaired) electrons. The van der Waals surface area contributed by atoms with Crippen LogP contribution < -0.4 is 4.90 Å². The first-order valence-electron chi connectivity index (χ1n) is 6.90. The van der Waals surface area contributed by atoms with Crippen LogP contribution in [0.25, 0.3) is 0 Å². The van der Waals surface area contributed by atoms with E-state index in [2.05, 4.69) is 6.58 Å². The van der Waals surface area contributed by atoms with E-state index < -0.39 is 0 Å². The summed E-state index contributed by atoms with van der Waals surface area (Å²) in [6.45, 7) is 11.9. The van der Waals surface area contributed by atoms with Crippen LogP contribution in [0.15, 0.2) is 36.4 Å². The molecule has 3 nitrogen and oxygen atoms in total. The third-order valence-corrected chi connectivity index (χ3v) is 3.09. The second-order valence-corrected chi connectivity index (χ2v) is 4.86. The molecule has 0 fully saturated rings. The number of halogens is 1. The molecule has 1 aromatic carbocycles. The van der Waals surface area contributed by atoms with Gasteiger partial charge in [-0.3, -0.25) is 4.79 Å². The summed E-state index contributed by atoms with van der Waals surface area (Å²) in [4.78, 5) is 16.0. The van der Waals surface area contributed by atoms with E-state index in [0.29, 0.717) is 26.2 Å². The maximum atomic E-state index is 12.9. The summed E-state index contributed by atoms with van der Waals surface area (Å²) in [5.41, 5.74) is 1.82. The number of carbonyl (C=O) groups is 1. The fourth-order valence-corrected chi connectivity index (χ4v) is 2.00. The standard InChI is InChI=1S/C16H23FN2O/c1-5-18(15-9-7-14(17)8-10-15)12-16(20)19(6-2)11-13(3)4/h7-10H,3,5-6,11-12H2,1-2,4H3. The van der Waals surface area contributed by atoms with E-state index in [9.17, 15) is 9.18 Å². The van der Waals surface area contributed by atoms with Gasteiger partial charge in [-0.05, 0) is 45.0 Å². The van der Waals surface area contributed by atoms with Gasteiger partial charge in [0.1, 0.15) is 5.82 Å². The third kappa shape index (κ3) is 4.68. The molecule has 0 unspecified atom stereocenters. The number of amides is 1. The predicted octanol–water partition coefficient (Wildman–Crippen LogP) is 3.08. The topological polar surface area (TPSA) is 23.6 Å². The van der Waals surface area contributed by atoms with Crippen molar-refractivity contribution >= 4 is 11.6 Å². The Morgan fingerprint density at radius 1 is 1.15 bits per heavy atom. The van der Waals surface area contributed by atoms with Crippen LogP contribution >= 0.6 is 0 Å². The number of carbonyl (C=O) groups excluding carboxylic acids is 1. The van der Waals surface area contributed by atoms with Crippen LogP contribution in [-0.4, -0.2) is 37.0 Å². The summed E-state index contributed by atoms with van der Waals surface area (Å²) in [7, 11) is 0. The molecular formula is C16H23FN2O. The van der Waals surface area contributed by atoms with E-state index in [1.807, 2.05) is 25.7 Å². The van der Waals surface area contributed by atoms with Crippen LogP contribution in [0.5, 0.6) is 0 Å². The van der Waals surface area contributed by atoms with E-state index in [-0.39, 0.29) is 11.7 Å². The molecule has 0 aliphatic heterocycles. The molecule has 20 heavy (non-hydrogen) atoms. The lowest BCUT2D eigenvalue weighted by atomic mass is 10.2. The molecule has 110 valence electrons. The van der Waals surface area contributed by atoms with Crippen molar-refractivity contribution < 1.29 is 9.18 Å². The Morgan fingerprint density at radius 3 is 2.20 bits per heavy atom. The molecule has 0 bridgehead atoms. The van der Waals surface area contributed by atoms with Gasteiger partial charge in [-0.1, -0.05) is 12.2 Å². The lowest BCUT2D eigenvalue weighted by molar-refractivity contribution is -0.129. The fourth-order valence-electron chi connectivity index (χ4n) is 2.00. The zero-order chi connectivity index (χ0) is 15.1. The van der Waals surface area contributed by atoms with E-state index in [4.69, 9.17) is 0 Å². The third-order valence-electron chi connectivity index (χ3n) is 3.09. The van der Waals surface area contributed by atoms with Crippen LogP contribution in [0.4, 0.5) is 10.1 Å². The Balaban J connectivity index is 2.74. The van der Waals surface area contributed by atoms with Crippen LogP contribution in [0.2, 0.25) is 0 Å². The van der Waals surface area contributed by atoms with Gasteiger partial charge in [0.05, 0.1) is 6.54 Å². The van der Waals surface area contributed by atoms with Gasteiger partial charge >= 0.3 is 0 Å². The quantitative estimate of drug-likeness (QED) is 0.716. The Bertz CT molecular complexity index is 456. The largest absolute Gasteiger partial charge is 0.362 e. The molecule has 0 heterocycles. The molecular weight excluding hydrogens is 255 g/mol. The van der Waals surface area contributed by atoms with Gasteiger partial charge in [0.15, 0.2) is 0 Å². The highest BCUT2D eigenvalue weighted by atomic mass is 19.1. The first-order chi connectivity index (χ1) is 9.47. The molecule has 0 aromatic heterocycles. The molecule has 0 aliphatic rings.